The van der Waals surface area contributed by atoms with Crippen molar-refractivity contribution >= 4 is 194 Å². The van der Waals surface area contributed by atoms with E-state index in [9.17, 15) is 0 Å². The molecule has 0 bridgehead atoms. The van der Waals surface area contributed by atoms with Gasteiger partial charge in [0.15, 0.2) is 34.9 Å². The van der Waals surface area contributed by atoms with Crippen LogP contribution in [0.2, 0.25) is 0 Å². The number of hydrogen-bond acceptors (Lipinski definition) is 11. The largest absolute Gasteiger partial charge is 0.455 e. The van der Waals surface area contributed by atoms with Crippen LogP contribution >= 0.6 is 22.7 Å². The van der Waals surface area contributed by atoms with Crippen LogP contribution in [-0.2, 0) is 0 Å². The lowest BCUT2D eigenvalue weighted by Crippen LogP contribution is -2.02. The highest BCUT2D eigenvalue weighted by molar-refractivity contribution is 7.27. The molecule has 14 heteroatoms. The molecule has 0 aliphatic carbocycles. The molecular weight excluding hydrogens is 1540 g/mol. The van der Waals surface area contributed by atoms with E-state index in [2.05, 4.69) is 281 Å². The Morgan fingerprint density at radius 1 is 0.205 bits per heavy atom. The van der Waals surface area contributed by atoms with Gasteiger partial charge in [-0.15, -0.1) is 22.7 Å². The fraction of sp³-hybridized carbons (Fsp3) is 0. The standard InChI is InChI=1S/C57H33N5OS.C51H28N4O2S/c1-4-16-34(17-5-1)55-58-56(35-18-6-2-7-19-35)60-57(59-55)45-33-37(32-44-50-49(64-54(44)45)31-30-43-40-24-12-15-27-48(40)63-53(43)50)62-47-26-14-11-23-39(47)42-29-28-41-38-22-10-13-25-46(38)61(51(41)52(42)62)36-20-8-3-9-21-36;1-3-13-29(14-4-1)49-52-50(30-15-5-2-6-16-30)54-51(53-49)38-28-31(27-37-45-43(58-48(37)38)26-24-35-33-18-9-12-22-42(33)57-47(35)45)55-39-20-10-7-19-36(39)44-40(55)25-23-34-32-17-8-11-21-41(32)56-46(34)44/h1-33H;1-28H. The van der Waals surface area contributed by atoms with Gasteiger partial charge >= 0.3 is 0 Å². The third-order valence-electron chi connectivity index (χ3n) is 24.2. The minimum atomic E-state index is 0.604. The van der Waals surface area contributed by atoms with Gasteiger partial charge in [-0.2, -0.15) is 0 Å². The third-order valence-corrected chi connectivity index (χ3v) is 26.6. The Morgan fingerprint density at radius 2 is 0.516 bits per heavy atom. The molecule has 27 aromatic rings. The van der Waals surface area contributed by atoms with E-state index in [4.69, 9.17) is 43.2 Å². The van der Waals surface area contributed by atoms with Crippen LogP contribution in [0.4, 0.5) is 0 Å². The Bertz CT molecular complexity index is 8920. The minimum Gasteiger partial charge on any atom is -0.455 e. The number of nitrogens with zero attached hydrogens (tertiary/aromatic N) is 9. The summed E-state index contributed by atoms with van der Waals surface area (Å²) in [7, 11) is 0. The van der Waals surface area contributed by atoms with E-state index in [1.165, 1.54) is 21.5 Å². The Morgan fingerprint density at radius 3 is 0.934 bits per heavy atom. The summed E-state index contributed by atoms with van der Waals surface area (Å²) < 4.78 is 31.9. The molecule has 0 aliphatic rings. The van der Waals surface area contributed by atoms with E-state index in [1.54, 1.807) is 22.7 Å². The first-order valence-corrected chi connectivity index (χ1v) is 42.3. The van der Waals surface area contributed by atoms with Gasteiger partial charge in [-0.1, -0.05) is 261 Å². The van der Waals surface area contributed by atoms with E-state index in [-0.39, 0.29) is 0 Å². The molecule has 0 atom stereocenters. The number of aromatic nitrogens is 9. The van der Waals surface area contributed by atoms with Gasteiger partial charge in [-0.05, 0) is 109 Å². The normalized spacial score (nSPS) is 12.1. The molecule has 27 rings (SSSR count). The highest BCUT2D eigenvalue weighted by Crippen LogP contribution is 2.52. The number of para-hydroxylation sites is 7. The van der Waals surface area contributed by atoms with Crippen LogP contribution in [0.1, 0.15) is 0 Å². The van der Waals surface area contributed by atoms with Crippen LogP contribution in [-0.4, -0.2) is 43.6 Å². The number of fused-ring (bicyclic) bond motifs is 28. The zero-order chi connectivity index (χ0) is 79.8. The summed E-state index contributed by atoms with van der Waals surface area (Å²) in [6, 6.07) is 130. The molecule has 0 saturated heterocycles. The van der Waals surface area contributed by atoms with Gasteiger partial charge in [-0.25, -0.2) is 29.9 Å². The van der Waals surface area contributed by atoms with Gasteiger partial charge in [0.05, 0.1) is 38.5 Å². The average Bonchev–Trinajstić information content (AvgIpc) is 1.54. The van der Waals surface area contributed by atoms with Crippen molar-refractivity contribution < 1.29 is 13.3 Å². The Kier molecular flexibility index (Phi) is 14.9. The summed E-state index contributed by atoms with van der Waals surface area (Å²) in [5.41, 5.74) is 20.6. The summed E-state index contributed by atoms with van der Waals surface area (Å²) in [6.07, 6.45) is 0. The second kappa shape index (κ2) is 26.8. The average molecular weight is 1600 g/mol. The van der Waals surface area contributed by atoms with Crippen molar-refractivity contribution in [1.82, 2.24) is 43.6 Å². The van der Waals surface area contributed by atoms with Crippen molar-refractivity contribution in [2.75, 3.05) is 0 Å². The minimum absolute atomic E-state index is 0.604. The topological polar surface area (TPSA) is 132 Å². The predicted molar refractivity (Wildman–Crippen MR) is 503 cm³/mol. The van der Waals surface area contributed by atoms with Crippen LogP contribution in [0.3, 0.4) is 0 Å². The van der Waals surface area contributed by atoms with Gasteiger partial charge in [0.25, 0.3) is 0 Å². The zero-order valence-corrected chi connectivity index (χ0v) is 66.4. The lowest BCUT2D eigenvalue weighted by molar-refractivity contribution is 0.672. The number of rotatable bonds is 9. The third kappa shape index (κ3) is 10.4. The van der Waals surface area contributed by atoms with Crippen molar-refractivity contribution in [3.05, 3.63) is 370 Å². The molecule has 0 unspecified atom stereocenters. The quantitative estimate of drug-likeness (QED) is 0.139. The van der Waals surface area contributed by atoms with Gasteiger partial charge in [0, 0.05) is 150 Å². The molecule has 0 N–H and O–H groups in total. The molecule has 122 heavy (non-hydrogen) atoms. The van der Waals surface area contributed by atoms with Crippen molar-refractivity contribution in [2.45, 2.75) is 0 Å². The van der Waals surface area contributed by atoms with Gasteiger partial charge < -0.3 is 27.0 Å². The van der Waals surface area contributed by atoms with Crippen LogP contribution in [0.25, 0.3) is 257 Å². The Balaban J connectivity index is 0.000000132. The van der Waals surface area contributed by atoms with E-state index in [1.807, 2.05) is 103 Å². The summed E-state index contributed by atoms with van der Waals surface area (Å²) in [5, 5.41) is 17.9. The van der Waals surface area contributed by atoms with E-state index < -0.39 is 0 Å². The summed E-state index contributed by atoms with van der Waals surface area (Å²) in [5.74, 6) is 3.69. The molecule has 0 fully saturated rings. The maximum Gasteiger partial charge on any atom is 0.165 e. The molecule has 12 nitrogen and oxygen atoms in total. The highest BCUT2D eigenvalue weighted by atomic mass is 32.1. The fourth-order valence-electron chi connectivity index (χ4n) is 18.8. The second-order valence-electron chi connectivity index (χ2n) is 31.0. The number of thiophene rings is 2. The smallest absolute Gasteiger partial charge is 0.165 e. The predicted octanol–water partition coefficient (Wildman–Crippen LogP) is 29.5. The van der Waals surface area contributed by atoms with Crippen LogP contribution in [0.15, 0.2) is 383 Å². The van der Waals surface area contributed by atoms with E-state index >= 15 is 0 Å². The molecule has 568 valence electrons. The monoisotopic (exact) mass is 1600 g/mol. The van der Waals surface area contributed by atoms with Crippen LogP contribution in [0, 0.1) is 0 Å². The first-order valence-electron chi connectivity index (χ1n) is 40.7. The van der Waals surface area contributed by atoms with Gasteiger partial charge in [0.1, 0.15) is 33.5 Å². The van der Waals surface area contributed by atoms with Crippen molar-refractivity contribution in [1.29, 1.82) is 0 Å². The number of hydrogen-bond donors (Lipinski definition) is 0. The molecule has 10 aromatic heterocycles. The maximum atomic E-state index is 6.81. The number of furan rings is 3. The zero-order valence-electron chi connectivity index (χ0n) is 64.8. The molecule has 0 amide bonds. The summed E-state index contributed by atoms with van der Waals surface area (Å²) in [4.78, 5) is 31.4. The molecule has 0 saturated carbocycles. The molecular formula is C108H61N9O3S2. The number of benzene rings is 17. The SMILES string of the molecule is c1ccc(-c2nc(-c3ccccc3)nc(-c3cc(-n4c5ccccc5c5c6oc7ccccc7c6ccc54)cc4c3sc3ccc5c6ccccc6oc5c34)n2)cc1.c1ccc(-c2nc(-c3ccccc3)nc(-c3cc(-n4c5ccccc5c5ccc6c7ccccc7n(-c7ccccc7)c6c54)cc4c3sc3ccc5c6ccccc6oc5c34)n2)cc1. The van der Waals surface area contributed by atoms with Crippen LogP contribution < -0.4 is 0 Å². The molecule has 0 aliphatic heterocycles. The Hall–Kier alpha value is -16.0. The first-order chi connectivity index (χ1) is 60.5. The molecule has 0 spiro atoms. The van der Waals surface area contributed by atoms with Gasteiger partial charge in [-0.3, -0.25) is 0 Å². The first kappa shape index (κ1) is 68.1. The van der Waals surface area contributed by atoms with Crippen molar-refractivity contribution in [3.63, 3.8) is 0 Å². The fourth-order valence-corrected chi connectivity index (χ4v) is 21.2. The molecule has 0 radical (unpaired) electrons. The van der Waals surface area contributed by atoms with E-state index in [0.717, 1.165) is 200 Å². The second-order valence-corrected chi connectivity index (χ2v) is 33.1. The van der Waals surface area contributed by atoms with Crippen LogP contribution in [0.5, 0.6) is 0 Å². The van der Waals surface area contributed by atoms with Crippen molar-refractivity contribution in [2.24, 2.45) is 0 Å². The summed E-state index contributed by atoms with van der Waals surface area (Å²) >= 11 is 3.50. The lowest BCUT2D eigenvalue weighted by atomic mass is 10.0. The maximum absolute atomic E-state index is 6.81. The lowest BCUT2D eigenvalue weighted by Gasteiger charge is -2.15. The summed E-state index contributed by atoms with van der Waals surface area (Å²) in [6.45, 7) is 0. The molecule has 10 heterocycles. The van der Waals surface area contributed by atoms with Gasteiger partial charge in [0.2, 0.25) is 0 Å². The van der Waals surface area contributed by atoms with Crippen molar-refractivity contribution in [3.8, 4) is 85.4 Å². The Labute approximate surface area is 701 Å². The highest BCUT2D eigenvalue weighted by Gasteiger charge is 2.29. The van der Waals surface area contributed by atoms with E-state index in [0.29, 0.717) is 34.9 Å². The molecule has 17 aromatic carbocycles.